The minimum absolute atomic E-state index is 0.0407. The number of nitrogens with two attached hydrogens (primary N) is 1. The van der Waals surface area contributed by atoms with Gasteiger partial charge in [0.15, 0.2) is 5.75 Å². The number of benzene rings is 1. The molecule has 0 unspecified atom stereocenters. The van der Waals surface area contributed by atoms with Crippen molar-refractivity contribution in [3.8, 4) is 5.75 Å². The topological polar surface area (TPSA) is 78.4 Å². The highest BCUT2D eigenvalue weighted by molar-refractivity contribution is 6.42. The van der Waals surface area contributed by atoms with Crippen LogP contribution in [0.3, 0.4) is 0 Å². The Morgan fingerprint density at radius 2 is 2.06 bits per heavy atom. The van der Waals surface area contributed by atoms with Crippen molar-refractivity contribution in [2.75, 3.05) is 13.2 Å². The molecule has 0 amide bonds. The van der Waals surface area contributed by atoms with Crippen molar-refractivity contribution in [2.45, 2.75) is 0 Å². The third-order valence-corrected chi connectivity index (χ3v) is 2.64. The molecule has 0 atom stereocenters. The number of nitro groups is 1. The summed E-state index contributed by atoms with van der Waals surface area (Å²) in [4.78, 5) is 10.2. The zero-order valence-electron chi connectivity index (χ0n) is 8.78. The smallest absolute Gasteiger partial charge is 0.312 e. The highest BCUT2D eigenvalue weighted by Crippen LogP contribution is 2.35. The molecule has 0 saturated carbocycles. The first kappa shape index (κ1) is 13.8. The Hall–Kier alpha value is -1.30. The third-order valence-electron chi connectivity index (χ3n) is 1.92. The molecule has 0 aromatic heterocycles. The fourth-order valence-corrected chi connectivity index (χ4v) is 1.33. The van der Waals surface area contributed by atoms with Gasteiger partial charge in [-0.3, -0.25) is 10.1 Å². The van der Waals surface area contributed by atoms with Crippen LogP contribution in [0, 0.1) is 10.1 Å². The van der Waals surface area contributed by atoms with E-state index in [1.165, 1.54) is 6.07 Å². The Morgan fingerprint density at radius 3 is 2.59 bits per heavy atom. The van der Waals surface area contributed by atoms with Crippen LogP contribution in [0.4, 0.5) is 5.69 Å². The molecule has 0 aliphatic carbocycles. The van der Waals surface area contributed by atoms with Crippen molar-refractivity contribution in [3.05, 3.63) is 44.4 Å². The lowest BCUT2D eigenvalue weighted by molar-refractivity contribution is -0.385. The molecule has 1 rings (SSSR count). The monoisotopic (exact) mass is 276 g/mol. The Bertz CT molecular complexity index is 463. The fourth-order valence-electron chi connectivity index (χ4n) is 1.02. The number of halogens is 2. The molecule has 5 nitrogen and oxygen atoms in total. The van der Waals surface area contributed by atoms with Gasteiger partial charge in [-0.25, -0.2) is 0 Å². The number of nitrogens with zero attached hydrogens (tertiary/aromatic N) is 1. The predicted molar refractivity (Wildman–Crippen MR) is 66.8 cm³/mol. The van der Waals surface area contributed by atoms with Gasteiger partial charge in [0.25, 0.3) is 0 Å². The highest BCUT2D eigenvalue weighted by Gasteiger charge is 2.18. The van der Waals surface area contributed by atoms with Gasteiger partial charge < -0.3 is 10.5 Å². The Labute approximate surface area is 108 Å². The molecule has 0 radical (unpaired) electrons. The first-order chi connectivity index (χ1) is 7.95. The summed E-state index contributed by atoms with van der Waals surface area (Å²) in [5, 5.41) is 11.1. The number of ether oxygens (including phenoxy) is 1. The van der Waals surface area contributed by atoms with E-state index in [9.17, 15) is 10.1 Å². The van der Waals surface area contributed by atoms with Crippen molar-refractivity contribution in [1.29, 1.82) is 0 Å². The Kier molecular flexibility index (Phi) is 4.74. The zero-order chi connectivity index (χ0) is 13.0. The largest absolute Gasteiger partial charge is 0.482 e. The molecule has 0 aliphatic rings. The standard InChI is InChI=1S/C10H10Cl2N2O3/c1-6(4-13)5-17-10-3-8(12)7(11)2-9(10)14(15)16/h2-3H,1,4-5,13H2. The number of hydrogen-bond acceptors (Lipinski definition) is 4. The van der Waals surface area contributed by atoms with Gasteiger partial charge in [0, 0.05) is 18.7 Å². The first-order valence-corrected chi connectivity index (χ1v) is 5.34. The van der Waals surface area contributed by atoms with Gasteiger partial charge in [0.2, 0.25) is 0 Å². The van der Waals surface area contributed by atoms with E-state index in [4.69, 9.17) is 33.7 Å². The molecule has 0 fully saturated rings. The summed E-state index contributed by atoms with van der Waals surface area (Å²) in [7, 11) is 0. The van der Waals surface area contributed by atoms with Crippen LogP contribution in [-0.4, -0.2) is 18.1 Å². The normalized spacial score (nSPS) is 10.1. The molecule has 0 heterocycles. The summed E-state index contributed by atoms with van der Waals surface area (Å²) in [5.74, 6) is 0.0407. The maximum atomic E-state index is 10.8. The average molecular weight is 277 g/mol. The summed E-state index contributed by atoms with van der Waals surface area (Å²) in [6.07, 6.45) is 0. The minimum Gasteiger partial charge on any atom is -0.482 e. The van der Waals surface area contributed by atoms with E-state index in [1.54, 1.807) is 0 Å². The van der Waals surface area contributed by atoms with Gasteiger partial charge in [0.05, 0.1) is 15.0 Å². The minimum atomic E-state index is -0.594. The van der Waals surface area contributed by atoms with Crippen LogP contribution in [-0.2, 0) is 0 Å². The maximum Gasteiger partial charge on any atom is 0.312 e. The van der Waals surface area contributed by atoms with E-state index < -0.39 is 4.92 Å². The summed E-state index contributed by atoms with van der Waals surface area (Å²) >= 11 is 11.4. The van der Waals surface area contributed by atoms with Crippen LogP contribution in [0.2, 0.25) is 10.0 Å². The van der Waals surface area contributed by atoms with Crippen molar-refractivity contribution >= 4 is 28.9 Å². The molecule has 0 spiro atoms. The lowest BCUT2D eigenvalue weighted by Crippen LogP contribution is -2.10. The molecule has 7 heteroatoms. The van der Waals surface area contributed by atoms with Crippen LogP contribution in [0.25, 0.3) is 0 Å². The zero-order valence-corrected chi connectivity index (χ0v) is 10.3. The lowest BCUT2D eigenvalue weighted by Gasteiger charge is -2.08. The van der Waals surface area contributed by atoms with Gasteiger partial charge in [-0.15, -0.1) is 0 Å². The molecule has 0 saturated heterocycles. The molecule has 0 bridgehead atoms. The fraction of sp³-hybridized carbons (Fsp3) is 0.200. The molecule has 0 aliphatic heterocycles. The molecule has 1 aromatic carbocycles. The number of nitro benzene ring substituents is 1. The van der Waals surface area contributed by atoms with E-state index in [0.717, 1.165) is 6.07 Å². The second-order valence-electron chi connectivity index (χ2n) is 3.23. The maximum absolute atomic E-state index is 10.8. The Balaban J connectivity index is 3.00. The highest BCUT2D eigenvalue weighted by atomic mass is 35.5. The summed E-state index contributed by atoms with van der Waals surface area (Å²) in [6.45, 7) is 3.96. The summed E-state index contributed by atoms with van der Waals surface area (Å²) in [6, 6.07) is 2.44. The van der Waals surface area contributed by atoms with Crippen molar-refractivity contribution in [3.63, 3.8) is 0 Å². The van der Waals surface area contributed by atoms with Crippen LogP contribution >= 0.6 is 23.2 Å². The molecule has 1 aromatic rings. The second kappa shape index (κ2) is 5.86. The quantitative estimate of drug-likeness (QED) is 0.510. The van der Waals surface area contributed by atoms with Crippen LogP contribution in [0.15, 0.2) is 24.3 Å². The SMILES string of the molecule is C=C(CN)COc1cc(Cl)c(Cl)cc1[N+](=O)[O-]. The average Bonchev–Trinajstić information content (AvgIpc) is 2.29. The van der Waals surface area contributed by atoms with Gasteiger partial charge in [0.1, 0.15) is 6.61 Å². The predicted octanol–water partition coefficient (Wildman–Crippen LogP) is 2.80. The van der Waals surface area contributed by atoms with E-state index in [1.807, 2.05) is 0 Å². The van der Waals surface area contributed by atoms with E-state index in [-0.39, 0.29) is 34.6 Å². The second-order valence-corrected chi connectivity index (χ2v) is 4.05. The van der Waals surface area contributed by atoms with E-state index in [0.29, 0.717) is 5.57 Å². The molecule has 17 heavy (non-hydrogen) atoms. The van der Waals surface area contributed by atoms with Crippen LogP contribution in [0.1, 0.15) is 0 Å². The number of hydrogen-bond donors (Lipinski definition) is 1. The Morgan fingerprint density at radius 1 is 1.47 bits per heavy atom. The molecule has 2 N–H and O–H groups in total. The van der Waals surface area contributed by atoms with Crippen molar-refractivity contribution in [1.82, 2.24) is 0 Å². The van der Waals surface area contributed by atoms with Crippen molar-refractivity contribution in [2.24, 2.45) is 5.73 Å². The first-order valence-electron chi connectivity index (χ1n) is 4.58. The van der Waals surface area contributed by atoms with E-state index >= 15 is 0 Å². The lowest BCUT2D eigenvalue weighted by atomic mass is 10.3. The van der Waals surface area contributed by atoms with Crippen molar-refractivity contribution < 1.29 is 9.66 Å². The van der Waals surface area contributed by atoms with Gasteiger partial charge in [-0.05, 0) is 5.57 Å². The van der Waals surface area contributed by atoms with Gasteiger partial charge in [-0.1, -0.05) is 29.8 Å². The molecular formula is C10H10Cl2N2O3. The third kappa shape index (κ3) is 3.59. The molecular weight excluding hydrogens is 267 g/mol. The number of rotatable bonds is 5. The van der Waals surface area contributed by atoms with Gasteiger partial charge in [-0.2, -0.15) is 0 Å². The van der Waals surface area contributed by atoms with Crippen LogP contribution < -0.4 is 10.5 Å². The summed E-state index contributed by atoms with van der Waals surface area (Å²) < 4.78 is 5.22. The van der Waals surface area contributed by atoms with E-state index in [2.05, 4.69) is 6.58 Å². The summed E-state index contributed by atoms with van der Waals surface area (Å²) in [5.41, 5.74) is 5.70. The molecule has 92 valence electrons. The van der Waals surface area contributed by atoms with Crippen LogP contribution in [0.5, 0.6) is 5.75 Å². The van der Waals surface area contributed by atoms with Gasteiger partial charge >= 0.3 is 5.69 Å².